The van der Waals surface area contributed by atoms with Gasteiger partial charge in [0, 0.05) is 37.3 Å². The van der Waals surface area contributed by atoms with E-state index in [4.69, 9.17) is 0 Å². The van der Waals surface area contributed by atoms with Crippen LogP contribution in [0.4, 0.5) is 5.69 Å². The number of benzene rings is 1. The van der Waals surface area contributed by atoms with Gasteiger partial charge in [-0.2, -0.15) is 0 Å². The van der Waals surface area contributed by atoms with Crippen LogP contribution in [0.3, 0.4) is 0 Å². The number of hydrogen-bond acceptors (Lipinski definition) is 5. The highest BCUT2D eigenvalue weighted by molar-refractivity contribution is 6.05. The van der Waals surface area contributed by atoms with Crippen LogP contribution in [0.15, 0.2) is 18.2 Å². The lowest BCUT2D eigenvalue weighted by Gasteiger charge is -2.29. The zero-order chi connectivity index (χ0) is 16.0. The third-order valence-electron chi connectivity index (χ3n) is 4.68. The summed E-state index contributed by atoms with van der Waals surface area (Å²) in [7, 11) is 0. The van der Waals surface area contributed by atoms with Crippen molar-refractivity contribution in [2.75, 3.05) is 18.4 Å². The Hall–Kier alpha value is -2.41. The molecule has 0 radical (unpaired) electrons. The van der Waals surface area contributed by atoms with Crippen molar-refractivity contribution in [1.29, 1.82) is 0 Å². The van der Waals surface area contributed by atoms with Gasteiger partial charge in [-0.25, -0.2) is 0 Å². The van der Waals surface area contributed by atoms with Gasteiger partial charge in [0.05, 0.1) is 6.04 Å². The SMILES string of the molecule is O=C1CCC(N2Cc3cc(NC4CNC4)ccc3C2=O)C(=O)N1. The predicted octanol–water partition coefficient (Wildman–Crippen LogP) is -0.169. The fourth-order valence-corrected chi connectivity index (χ4v) is 3.29. The van der Waals surface area contributed by atoms with E-state index in [1.165, 1.54) is 0 Å². The minimum atomic E-state index is -0.556. The standard InChI is InChI=1S/C16H18N4O3/c21-14-4-3-13(15(22)19-14)20-8-9-5-10(18-11-6-17-7-11)1-2-12(9)16(20)23/h1-2,5,11,13,17-18H,3-4,6-8H2,(H,19,21,22). The highest BCUT2D eigenvalue weighted by Crippen LogP contribution is 2.29. The first-order valence-corrected chi connectivity index (χ1v) is 7.86. The smallest absolute Gasteiger partial charge is 0.255 e. The summed E-state index contributed by atoms with van der Waals surface area (Å²) in [6, 6.07) is 5.58. The second-order valence-electron chi connectivity index (χ2n) is 6.27. The van der Waals surface area contributed by atoms with Gasteiger partial charge in [0.2, 0.25) is 11.8 Å². The Balaban J connectivity index is 1.52. The molecule has 3 amide bonds. The molecule has 23 heavy (non-hydrogen) atoms. The molecule has 3 N–H and O–H groups in total. The zero-order valence-corrected chi connectivity index (χ0v) is 12.6. The Kier molecular flexibility index (Phi) is 3.30. The van der Waals surface area contributed by atoms with Gasteiger partial charge >= 0.3 is 0 Å². The first-order chi connectivity index (χ1) is 11.1. The Morgan fingerprint density at radius 2 is 2.00 bits per heavy atom. The maximum atomic E-state index is 12.6. The van der Waals surface area contributed by atoms with Crippen LogP contribution < -0.4 is 16.0 Å². The van der Waals surface area contributed by atoms with Crippen molar-refractivity contribution in [3.63, 3.8) is 0 Å². The van der Waals surface area contributed by atoms with Crippen molar-refractivity contribution in [3.8, 4) is 0 Å². The van der Waals surface area contributed by atoms with Gasteiger partial charge in [-0.05, 0) is 30.2 Å². The van der Waals surface area contributed by atoms with Crippen LogP contribution in [0.1, 0.15) is 28.8 Å². The molecule has 2 fully saturated rings. The number of nitrogens with zero attached hydrogens (tertiary/aromatic N) is 1. The van der Waals surface area contributed by atoms with E-state index in [1.807, 2.05) is 18.2 Å². The van der Waals surface area contributed by atoms with Gasteiger partial charge in [0.25, 0.3) is 5.91 Å². The van der Waals surface area contributed by atoms with E-state index in [0.717, 1.165) is 24.3 Å². The van der Waals surface area contributed by atoms with E-state index in [9.17, 15) is 14.4 Å². The summed E-state index contributed by atoms with van der Waals surface area (Å²) in [6.45, 7) is 2.30. The lowest BCUT2D eigenvalue weighted by molar-refractivity contribution is -0.136. The second-order valence-corrected chi connectivity index (χ2v) is 6.27. The van der Waals surface area contributed by atoms with E-state index in [0.29, 0.717) is 24.6 Å². The Morgan fingerprint density at radius 1 is 1.17 bits per heavy atom. The Morgan fingerprint density at radius 3 is 2.70 bits per heavy atom. The molecule has 3 aliphatic heterocycles. The summed E-state index contributed by atoms with van der Waals surface area (Å²) in [4.78, 5) is 37.4. The molecule has 4 rings (SSSR count). The van der Waals surface area contributed by atoms with Crippen LogP contribution in [0.2, 0.25) is 0 Å². The van der Waals surface area contributed by atoms with Gasteiger partial charge < -0.3 is 15.5 Å². The monoisotopic (exact) mass is 314 g/mol. The summed E-state index contributed by atoms with van der Waals surface area (Å²) in [5.41, 5.74) is 2.57. The minimum Gasteiger partial charge on any atom is -0.380 e. The predicted molar refractivity (Wildman–Crippen MR) is 82.8 cm³/mol. The van der Waals surface area contributed by atoms with Crippen molar-refractivity contribution in [2.24, 2.45) is 0 Å². The molecule has 3 aliphatic rings. The van der Waals surface area contributed by atoms with Crippen molar-refractivity contribution in [1.82, 2.24) is 15.5 Å². The van der Waals surface area contributed by atoms with Crippen LogP contribution in [0.25, 0.3) is 0 Å². The highest BCUT2D eigenvalue weighted by Gasteiger charge is 2.39. The Labute approximate surface area is 133 Å². The van der Waals surface area contributed by atoms with Crippen LogP contribution >= 0.6 is 0 Å². The highest BCUT2D eigenvalue weighted by atomic mass is 16.2. The first kappa shape index (κ1) is 14.2. The van der Waals surface area contributed by atoms with Crippen LogP contribution in [-0.2, 0) is 16.1 Å². The molecule has 0 aliphatic carbocycles. The number of carbonyl (C=O) groups is 3. The third-order valence-corrected chi connectivity index (χ3v) is 4.68. The Bertz CT molecular complexity index is 699. The quantitative estimate of drug-likeness (QED) is 0.674. The molecule has 0 spiro atoms. The van der Waals surface area contributed by atoms with E-state index in [2.05, 4.69) is 16.0 Å². The molecule has 7 nitrogen and oxygen atoms in total. The average Bonchev–Trinajstić information content (AvgIpc) is 2.80. The molecule has 0 aromatic heterocycles. The van der Waals surface area contributed by atoms with Crippen molar-refractivity contribution >= 4 is 23.4 Å². The summed E-state index contributed by atoms with van der Waals surface area (Å²) in [5, 5.41) is 8.93. The van der Waals surface area contributed by atoms with Crippen molar-refractivity contribution in [3.05, 3.63) is 29.3 Å². The molecular formula is C16H18N4O3. The van der Waals surface area contributed by atoms with Crippen LogP contribution in [0.5, 0.6) is 0 Å². The molecule has 120 valence electrons. The number of piperidine rings is 1. The lowest BCUT2D eigenvalue weighted by atomic mass is 10.0. The number of fused-ring (bicyclic) bond motifs is 1. The minimum absolute atomic E-state index is 0.133. The number of amides is 3. The number of carbonyl (C=O) groups excluding carboxylic acids is 3. The van der Waals surface area contributed by atoms with Gasteiger partial charge in [-0.3, -0.25) is 19.7 Å². The molecule has 1 atom stereocenters. The van der Waals surface area contributed by atoms with Gasteiger partial charge in [-0.15, -0.1) is 0 Å². The summed E-state index contributed by atoms with van der Waals surface area (Å²) < 4.78 is 0. The van der Waals surface area contributed by atoms with E-state index in [-0.39, 0.29) is 24.1 Å². The van der Waals surface area contributed by atoms with Crippen LogP contribution in [0, 0.1) is 0 Å². The number of imide groups is 1. The van der Waals surface area contributed by atoms with Crippen LogP contribution in [-0.4, -0.2) is 47.8 Å². The fraction of sp³-hybridized carbons (Fsp3) is 0.438. The maximum Gasteiger partial charge on any atom is 0.255 e. The topological polar surface area (TPSA) is 90.5 Å². The zero-order valence-electron chi connectivity index (χ0n) is 12.6. The third kappa shape index (κ3) is 2.46. The lowest BCUT2D eigenvalue weighted by Crippen LogP contribution is -2.52. The molecule has 0 bridgehead atoms. The summed E-state index contributed by atoms with van der Waals surface area (Å²) in [6.07, 6.45) is 0.668. The molecule has 1 aromatic carbocycles. The van der Waals surface area contributed by atoms with E-state index in [1.54, 1.807) is 4.90 Å². The van der Waals surface area contributed by atoms with Crippen molar-refractivity contribution < 1.29 is 14.4 Å². The molecule has 3 heterocycles. The van der Waals surface area contributed by atoms with Gasteiger partial charge in [0.15, 0.2) is 0 Å². The molecular weight excluding hydrogens is 296 g/mol. The number of anilines is 1. The van der Waals surface area contributed by atoms with E-state index >= 15 is 0 Å². The largest absolute Gasteiger partial charge is 0.380 e. The van der Waals surface area contributed by atoms with Crippen molar-refractivity contribution in [2.45, 2.75) is 31.5 Å². The normalized spacial score (nSPS) is 24.3. The van der Waals surface area contributed by atoms with Gasteiger partial charge in [-0.1, -0.05) is 0 Å². The molecule has 0 saturated carbocycles. The number of hydrogen-bond donors (Lipinski definition) is 3. The van der Waals surface area contributed by atoms with Gasteiger partial charge in [0.1, 0.15) is 6.04 Å². The summed E-state index contributed by atoms with van der Waals surface area (Å²) >= 11 is 0. The molecule has 1 aromatic rings. The number of nitrogens with one attached hydrogen (secondary N) is 3. The molecule has 2 saturated heterocycles. The second kappa shape index (κ2) is 5.34. The summed E-state index contributed by atoms with van der Waals surface area (Å²) in [5.74, 6) is -0.774. The van der Waals surface area contributed by atoms with E-state index < -0.39 is 6.04 Å². The molecule has 1 unspecified atom stereocenters. The number of rotatable bonds is 3. The fourth-order valence-electron chi connectivity index (χ4n) is 3.29. The average molecular weight is 314 g/mol. The molecule has 7 heteroatoms. The first-order valence-electron chi connectivity index (χ1n) is 7.86. The maximum absolute atomic E-state index is 12.6.